The van der Waals surface area contributed by atoms with Gasteiger partial charge in [0.25, 0.3) is 0 Å². The Bertz CT molecular complexity index is 889. The molecule has 2 heterocycles. The Labute approximate surface area is 112 Å². The lowest BCUT2D eigenvalue weighted by Crippen LogP contribution is -2.12. The Hall–Kier alpha value is -3.34. The first-order chi connectivity index (χ1) is 9.67. The average molecular weight is 268 g/mol. The molecule has 0 radical (unpaired) electrons. The molecule has 8 nitrogen and oxygen atoms in total. The third kappa shape index (κ3) is 1.93. The Morgan fingerprint density at radius 2 is 2.20 bits per heavy atom. The minimum atomic E-state index is -0.460. The molecular weight excluding hydrogens is 260 g/mol. The van der Waals surface area contributed by atoms with Gasteiger partial charge in [-0.1, -0.05) is 0 Å². The summed E-state index contributed by atoms with van der Waals surface area (Å²) in [7, 11) is 0. The Morgan fingerprint density at radius 3 is 2.95 bits per heavy atom. The van der Waals surface area contributed by atoms with Gasteiger partial charge in [-0.3, -0.25) is 0 Å². The van der Waals surface area contributed by atoms with Crippen LogP contribution in [0.1, 0.15) is 5.56 Å². The van der Waals surface area contributed by atoms with Crippen LogP contribution in [0.3, 0.4) is 0 Å². The SMILES string of the molecule is N#Cc1ccc(Oc2ccc3n[nH]c(=O)n3n2)c(N)c1. The molecular formula is C12H8N6O2. The summed E-state index contributed by atoms with van der Waals surface area (Å²) in [6, 6.07) is 9.77. The number of ether oxygens (including phenoxy) is 1. The van der Waals surface area contributed by atoms with E-state index in [9.17, 15) is 4.79 Å². The molecule has 0 atom stereocenters. The third-order valence-electron chi connectivity index (χ3n) is 2.60. The van der Waals surface area contributed by atoms with Gasteiger partial charge in [0, 0.05) is 6.07 Å². The van der Waals surface area contributed by atoms with E-state index in [1.807, 2.05) is 6.07 Å². The average Bonchev–Trinajstić information content (AvgIpc) is 2.82. The first kappa shape index (κ1) is 11.7. The molecule has 3 N–H and O–H groups in total. The number of hydrogen-bond donors (Lipinski definition) is 2. The Kier molecular flexibility index (Phi) is 2.58. The maximum absolute atomic E-state index is 11.4. The fourth-order valence-corrected chi connectivity index (χ4v) is 1.66. The van der Waals surface area contributed by atoms with Gasteiger partial charge < -0.3 is 10.5 Å². The van der Waals surface area contributed by atoms with Crippen LogP contribution >= 0.6 is 0 Å². The van der Waals surface area contributed by atoms with Crippen LogP contribution < -0.4 is 16.2 Å². The summed E-state index contributed by atoms with van der Waals surface area (Å²) >= 11 is 0. The van der Waals surface area contributed by atoms with Crippen LogP contribution in [-0.2, 0) is 0 Å². The van der Waals surface area contributed by atoms with Gasteiger partial charge in [-0.05, 0) is 24.3 Å². The highest BCUT2D eigenvalue weighted by atomic mass is 16.5. The zero-order valence-corrected chi connectivity index (χ0v) is 10.1. The standard InChI is InChI=1S/C12H8N6O2/c13-6-7-1-2-9(8(14)5-7)20-11-4-3-10-15-16-12(19)18(10)17-11/h1-5H,14H2,(H,16,19). The molecule has 3 rings (SSSR count). The number of nitrogens with one attached hydrogen (secondary N) is 1. The summed E-state index contributed by atoms with van der Waals surface area (Å²) in [6.45, 7) is 0. The number of nitrogens with zero attached hydrogens (tertiary/aromatic N) is 4. The van der Waals surface area contributed by atoms with Crippen molar-refractivity contribution in [3.8, 4) is 17.7 Å². The fourth-order valence-electron chi connectivity index (χ4n) is 1.66. The molecule has 0 aliphatic rings. The molecule has 0 bridgehead atoms. The number of anilines is 1. The lowest BCUT2D eigenvalue weighted by molar-refractivity contribution is 0.453. The van der Waals surface area contributed by atoms with Crippen LogP contribution in [-0.4, -0.2) is 19.8 Å². The van der Waals surface area contributed by atoms with E-state index in [4.69, 9.17) is 15.7 Å². The van der Waals surface area contributed by atoms with Crippen molar-refractivity contribution in [1.29, 1.82) is 5.26 Å². The lowest BCUT2D eigenvalue weighted by Gasteiger charge is -2.07. The fraction of sp³-hybridized carbons (Fsp3) is 0. The molecule has 0 fully saturated rings. The molecule has 0 unspecified atom stereocenters. The first-order valence-electron chi connectivity index (χ1n) is 5.59. The Morgan fingerprint density at radius 1 is 1.35 bits per heavy atom. The predicted octanol–water partition coefficient (Wildman–Crippen LogP) is 0.664. The van der Waals surface area contributed by atoms with Crippen molar-refractivity contribution in [3.05, 3.63) is 46.4 Å². The summed E-state index contributed by atoms with van der Waals surface area (Å²) in [5, 5.41) is 18.8. The maximum Gasteiger partial charge on any atom is 0.364 e. The molecule has 0 aliphatic carbocycles. The van der Waals surface area contributed by atoms with Gasteiger partial charge in [0.15, 0.2) is 11.4 Å². The number of nitriles is 1. The van der Waals surface area contributed by atoms with Gasteiger partial charge in [0.1, 0.15) is 0 Å². The van der Waals surface area contributed by atoms with Crippen LogP contribution in [0.4, 0.5) is 5.69 Å². The molecule has 20 heavy (non-hydrogen) atoms. The zero-order valence-electron chi connectivity index (χ0n) is 10.1. The summed E-state index contributed by atoms with van der Waals surface area (Å²) < 4.78 is 6.57. The van der Waals surface area contributed by atoms with Gasteiger partial charge in [-0.2, -0.15) is 14.9 Å². The van der Waals surface area contributed by atoms with E-state index in [1.54, 1.807) is 24.3 Å². The molecule has 3 aromatic rings. The summed E-state index contributed by atoms with van der Waals surface area (Å²) in [5.74, 6) is 0.546. The van der Waals surface area contributed by atoms with Crippen molar-refractivity contribution in [2.45, 2.75) is 0 Å². The molecule has 0 aliphatic heterocycles. The van der Waals surface area contributed by atoms with Gasteiger partial charge in [0.2, 0.25) is 5.88 Å². The molecule has 0 spiro atoms. The largest absolute Gasteiger partial charge is 0.435 e. The van der Waals surface area contributed by atoms with E-state index in [2.05, 4.69) is 15.3 Å². The maximum atomic E-state index is 11.4. The number of nitrogens with two attached hydrogens (primary N) is 1. The number of nitrogen functional groups attached to an aromatic ring is 1. The number of fused-ring (bicyclic) bond motifs is 1. The van der Waals surface area contributed by atoms with Crippen LogP contribution in [0.15, 0.2) is 35.1 Å². The normalized spacial score (nSPS) is 10.3. The van der Waals surface area contributed by atoms with E-state index in [-0.39, 0.29) is 5.88 Å². The summed E-state index contributed by atoms with van der Waals surface area (Å²) in [6.07, 6.45) is 0. The quantitative estimate of drug-likeness (QED) is 0.658. The minimum Gasteiger partial charge on any atom is -0.435 e. The van der Waals surface area contributed by atoms with E-state index < -0.39 is 5.69 Å². The van der Waals surface area contributed by atoms with Gasteiger partial charge >= 0.3 is 5.69 Å². The summed E-state index contributed by atoms with van der Waals surface area (Å²) in [5.41, 5.74) is 6.45. The van der Waals surface area contributed by atoms with Crippen LogP contribution in [0.2, 0.25) is 0 Å². The third-order valence-corrected chi connectivity index (χ3v) is 2.60. The van der Waals surface area contributed by atoms with Gasteiger partial charge in [0.05, 0.1) is 17.3 Å². The summed E-state index contributed by atoms with van der Waals surface area (Å²) in [4.78, 5) is 11.4. The molecule has 8 heteroatoms. The van der Waals surface area contributed by atoms with E-state index in [0.717, 1.165) is 4.52 Å². The molecule has 0 saturated carbocycles. The monoisotopic (exact) mass is 268 g/mol. The van der Waals surface area contributed by atoms with E-state index >= 15 is 0 Å². The number of aromatic amines is 1. The number of benzene rings is 1. The van der Waals surface area contributed by atoms with Crippen molar-refractivity contribution in [3.63, 3.8) is 0 Å². The topological polar surface area (TPSA) is 122 Å². The van der Waals surface area contributed by atoms with Crippen molar-refractivity contribution in [1.82, 2.24) is 19.8 Å². The molecule has 1 aromatic carbocycles. The highest BCUT2D eigenvalue weighted by molar-refractivity contribution is 5.57. The number of rotatable bonds is 2. The van der Waals surface area contributed by atoms with Gasteiger partial charge in [-0.15, -0.1) is 5.10 Å². The van der Waals surface area contributed by atoms with E-state index in [1.165, 1.54) is 6.07 Å². The van der Waals surface area contributed by atoms with E-state index in [0.29, 0.717) is 22.6 Å². The van der Waals surface area contributed by atoms with Gasteiger partial charge in [-0.25, -0.2) is 9.89 Å². The highest BCUT2D eigenvalue weighted by Gasteiger charge is 2.07. The van der Waals surface area contributed by atoms with Crippen molar-refractivity contribution >= 4 is 11.3 Å². The first-order valence-corrected chi connectivity index (χ1v) is 5.59. The second-order valence-corrected chi connectivity index (χ2v) is 3.94. The van der Waals surface area contributed by atoms with Crippen LogP contribution in [0, 0.1) is 11.3 Å². The minimum absolute atomic E-state index is 0.192. The highest BCUT2D eigenvalue weighted by Crippen LogP contribution is 2.26. The van der Waals surface area contributed by atoms with Crippen molar-refractivity contribution in [2.75, 3.05) is 5.73 Å². The zero-order chi connectivity index (χ0) is 14.1. The Balaban J connectivity index is 1.99. The lowest BCUT2D eigenvalue weighted by atomic mass is 10.2. The van der Waals surface area contributed by atoms with Crippen molar-refractivity contribution < 1.29 is 4.74 Å². The second-order valence-electron chi connectivity index (χ2n) is 3.94. The van der Waals surface area contributed by atoms with Crippen LogP contribution in [0.5, 0.6) is 11.6 Å². The predicted molar refractivity (Wildman–Crippen MR) is 69.3 cm³/mol. The second kappa shape index (κ2) is 4.40. The molecule has 98 valence electrons. The number of aromatic nitrogens is 4. The van der Waals surface area contributed by atoms with Crippen LogP contribution in [0.25, 0.3) is 5.65 Å². The van der Waals surface area contributed by atoms with Crippen molar-refractivity contribution in [2.24, 2.45) is 0 Å². The molecule has 2 aromatic heterocycles. The number of H-pyrrole nitrogens is 1. The molecule has 0 amide bonds. The molecule has 0 saturated heterocycles. The number of hydrogen-bond acceptors (Lipinski definition) is 6. The smallest absolute Gasteiger partial charge is 0.364 e.